The highest BCUT2D eigenvalue weighted by molar-refractivity contribution is 6.34. The Morgan fingerprint density at radius 2 is 2.19 bits per heavy atom. The lowest BCUT2D eigenvalue weighted by atomic mass is 9.76. The molecule has 2 aromatic heterocycles. The number of methoxy groups -OCH3 is 1. The van der Waals surface area contributed by atoms with Crippen LogP contribution >= 0.6 is 11.6 Å². The summed E-state index contributed by atoms with van der Waals surface area (Å²) in [5.74, 6) is -0.187. The first-order chi connectivity index (χ1) is 13.0. The predicted molar refractivity (Wildman–Crippen MR) is 105 cm³/mol. The van der Waals surface area contributed by atoms with Crippen molar-refractivity contribution in [3.05, 3.63) is 40.7 Å². The first-order valence-corrected chi connectivity index (χ1v) is 10.1. The molecule has 1 amide bonds. The fourth-order valence-electron chi connectivity index (χ4n) is 4.62. The molecule has 0 bridgehead atoms. The van der Waals surface area contributed by atoms with E-state index in [-0.39, 0.29) is 5.91 Å². The number of amides is 1. The summed E-state index contributed by atoms with van der Waals surface area (Å²) in [4.78, 5) is 12.9. The van der Waals surface area contributed by atoms with Crippen molar-refractivity contribution in [1.82, 2.24) is 9.72 Å². The molecule has 2 heterocycles. The van der Waals surface area contributed by atoms with Crippen LogP contribution in [-0.4, -0.2) is 41.3 Å². The van der Waals surface area contributed by atoms with Gasteiger partial charge in [-0.05, 0) is 62.1 Å². The maximum Gasteiger partial charge on any atom is 0.253 e. The summed E-state index contributed by atoms with van der Waals surface area (Å²) in [5.41, 5.74) is 1.79. The van der Waals surface area contributed by atoms with Crippen LogP contribution in [-0.2, 0) is 11.2 Å². The van der Waals surface area contributed by atoms with Crippen LogP contribution in [0.4, 0.5) is 0 Å². The molecule has 4 rings (SSSR count). The molecule has 0 radical (unpaired) electrons. The van der Waals surface area contributed by atoms with Crippen molar-refractivity contribution >= 4 is 23.0 Å². The number of halogens is 1. The molecule has 2 N–H and O–H groups in total. The second-order valence-electron chi connectivity index (χ2n) is 8.30. The van der Waals surface area contributed by atoms with Crippen molar-refractivity contribution in [2.75, 3.05) is 20.3 Å². The molecule has 0 aliphatic heterocycles. The van der Waals surface area contributed by atoms with E-state index in [0.29, 0.717) is 41.1 Å². The van der Waals surface area contributed by atoms with Crippen LogP contribution in [0.1, 0.15) is 54.6 Å². The van der Waals surface area contributed by atoms with Crippen molar-refractivity contribution in [3.8, 4) is 0 Å². The smallest absolute Gasteiger partial charge is 0.253 e. The van der Waals surface area contributed by atoms with Gasteiger partial charge in [0.25, 0.3) is 5.91 Å². The number of carbonyl (C=O) groups is 1. The van der Waals surface area contributed by atoms with Gasteiger partial charge in [0.15, 0.2) is 0 Å². The van der Waals surface area contributed by atoms with Crippen molar-refractivity contribution in [1.29, 1.82) is 0 Å². The fraction of sp³-hybridized carbons (Fsp3) is 0.571. The molecule has 1 unspecified atom stereocenters. The van der Waals surface area contributed by atoms with Gasteiger partial charge in [0, 0.05) is 32.0 Å². The van der Waals surface area contributed by atoms with E-state index in [9.17, 15) is 9.90 Å². The number of ether oxygens (including phenoxy) is 1. The molecule has 5 nitrogen and oxygen atoms in total. The summed E-state index contributed by atoms with van der Waals surface area (Å²) in [5, 5.41) is 14.5. The van der Waals surface area contributed by atoms with Gasteiger partial charge in [0.05, 0.1) is 28.3 Å². The van der Waals surface area contributed by atoms with E-state index in [1.165, 1.54) is 19.3 Å². The summed E-state index contributed by atoms with van der Waals surface area (Å²) in [7, 11) is 1.66. The van der Waals surface area contributed by atoms with Crippen molar-refractivity contribution in [3.63, 3.8) is 0 Å². The highest BCUT2D eigenvalue weighted by atomic mass is 35.5. The number of nitrogens with zero attached hydrogens (tertiary/aromatic N) is 1. The molecule has 2 saturated carbocycles. The maximum atomic E-state index is 12.9. The second-order valence-corrected chi connectivity index (χ2v) is 8.71. The number of aliphatic hydroxyl groups is 1. The van der Waals surface area contributed by atoms with E-state index in [0.717, 1.165) is 25.0 Å². The predicted octanol–water partition coefficient (Wildman–Crippen LogP) is 3.60. The third-order valence-corrected chi connectivity index (χ3v) is 6.52. The number of hydrogen-bond donors (Lipinski definition) is 2. The first kappa shape index (κ1) is 18.8. The summed E-state index contributed by atoms with van der Waals surface area (Å²) in [6.45, 7) is 0.865. The Hall–Kier alpha value is -1.56. The minimum absolute atomic E-state index is 0.187. The summed E-state index contributed by atoms with van der Waals surface area (Å²) >= 11 is 6.39. The Morgan fingerprint density at radius 1 is 1.37 bits per heavy atom. The zero-order valence-electron chi connectivity index (χ0n) is 15.8. The molecular weight excluding hydrogens is 364 g/mol. The van der Waals surface area contributed by atoms with Crippen LogP contribution in [0.2, 0.25) is 5.02 Å². The summed E-state index contributed by atoms with van der Waals surface area (Å²) < 4.78 is 7.13. The lowest BCUT2D eigenvalue weighted by molar-refractivity contribution is -0.0199. The minimum atomic E-state index is -0.789. The van der Waals surface area contributed by atoms with E-state index >= 15 is 0 Å². The van der Waals surface area contributed by atoms with Gasteiger partial charge in [-0.15, -0.1) is 0 Å². The molecule has 1 spiro atoms. The largest absolute Gasteiger partial charge is 0.388 e. The molecule has 2 aliphatic carbocycles. The van der Waals surface area contributed by atoms with Crippen LogP contribution in [0.5, 0.6) is 0 Å². The topological polar surface area (TPSA) is 63.0 Å². The average Bonchev–Trinajstić information content (AvgIpc) is 3.26. The lowest BCUT2D eigenvalue weighted by Crippen LogP contribution is -2.46. The molecular formula is C21H27ClN2O3. The molecule has 2 aromatic rings. The number of fused-ring (bicyclic) bond motifs is 1. The third kappa shape index (κ3) is 3.73. The van der Waals surface area contributed by atoms with Gasteiger partial charge >= 0.3 is 0 Å². The second kappa shape index (κ2) is 7.12. The molecule has 1 atom stereocenters. The van der Waals surface area contributed by atoms with E-state index in [4.69, 9.17) is 16.3 Å². The molecule has 0 aromatic carbocycles. The number of rotatable bonds is 6. The molecule has 6 heteroatoms. The van der Waals surface area contributed by atoms with Gasteiger partial charge in [-0.3, -0.25) is 4.79 Å². The Morgan fingerprint density at radius 3 is 2.93 bits per heavy atom. The van der Waals surface area contributed by atoms with Gasteiger partial charge in [0.1, 0.15) is 0 Å². The number of carbonyl (C=O) groups excluding carboxylic acids is 1. The fourth-order valence-corrected chi connectivity index (χ4v) is 4.88. The zero-order valence-corrected chi connectivity index (χ0v) is 16.5. The van der Waals surface area contributed by atoms with Gasteiger partial charge in [0.2, 0.25) is 0 Å². The van der Waals surface area contributed by atoms with Crippen LogP contribution in [0.3, 0.4) is 0 Å². The molecule has 2 fully saturated rings. The Bertz CT molecular complexity index is 858. The first-order valence-electron chi connectivity index (χ1n) is 9.73. The standard InChI is InChI=1S/C21H27ClN2O3/c1-27-11-5-15-12-16(18-17(22)4-2-10-24(15)18)19(25)23-14-21(26)7-3-6-20(13-21)8-9-20/h2,4,10,12,26H,3,5-9,11,13-14H2,1H3,(H,23,25). The van der Waals surface area contributed by atoms with Gasteiger partial charge < -0.3 is 19.6 Å². The normalized spacial score (nSPS) is 23.7. The van der Waals surface area contributed by atoms with Gasteiger partial charge in [-0.25, -0.2) is 0 Å². The average molecular weight is 391 g/mol. The Balaban J connectivity index is 1.53. The van der Waals surface area contributed by atoms with Crippen molar-refractivity contribution in [2.24, 2.45) is 5.41 Å². The van der Waals surface area contributed by atoms with Crippen LogP contribution in [0, 0.1) is 5.41 Å². The van der Waals surface area contributed by atoms with Crippen LogP contribution < -0.4 is 5.32 Å². The highest BCUT2D eigenvalue weighted by Gasteiger charge is 2.50. The van der Waals surface area contributed by atoms with Crippen LogP contribution in [0.25, 0.3) is 5.52 Å². The quantitative estimate of drug-likeness (QED) is 0.792. The molecule has 0 saturated heterocycles. The van der Waals surface area contributed by atoms with E-state index < -0.39 is 5.60 Å². The maximum absolute atomic E-state index is 12.9. The molecule has 27 heavy (non-hydrogen) atoms. The Kier molecular flexibility index (Phi) is 4.95. The van der Waals surface area contributed by atoms with Crippen molar-refractivity contribution < 1.29 is 14.6 Å². The SMILES string of the molecule is COCCc1cc(C(=O)NCC2(O)CCCC3(CC3)C2)c2c(Cl)cccn12. The lowest BCUT2D eigenvalue weighted by Gasteiger charge is -2.37. The third-order valence-electron chi connectivity index (χ3n) is 6.22. The highest BCUT2D eigenvalue weighted by Crippen LogP contribution is 2.58. The van der Waals surface area contributed by atoms with E-state index in [1.807, 2.05) is 22.7 Å². The van der Waals surface area contributed by atoms with Crippen molar-refractivity contribution in [2.45, 2.75) is 50.5 Å². The summed E-state index contributed by atoms with van der Waals surface area (Å²) in [6.07, 6.45) is 8.84. The molecule has 146 valence electrons. The number of aromatic nitrogens is 1. The van der Waals surface area contributed by atoms with Crippen LogP contribution in [0.15, 0.2) is 24.4 Å². The van der Waals surface area contributed by atoms with Gasteiger partial charge in [-0.1, -0.05) is 11.6 Å². The monoisotopic (exact) mass is 390 g/mol. The summed E-state index contributed by atoms with van der Waals surface area (Å²) in [6, 6.07) is 5.54. The molecule has 2 aliphatic rings. The zero-order chi connectivity index (χ0) is 19.1. The van der Waals surface area contributed by atoms with E-state index in [2.05, 4.69) is 5.32 Å². The van der Waals surface area contributed by atoms with E-state index in [1.54, 1.807) is 13.2 Å². The van der Waals surface area contributed by atoms with Gasteiger partial charge in [-0.2, -0.15) is 0 Å². The minimum Gasteiger partial charge on any atom is -0.388 e. The number of nitrogens with one attached hydrogen (secondary N) is 1. The number of pyridine rings is 1. The number of hydrogen-bond acceptors (Lipinski definition) is 3. The Labute approximate surface area is 164 Å².